The summed E-state index contributed by atoms with van der Waals surface area (Å²) in [6.45, 7) is 1.92. The molecule has 9 heteroatoms. The molecule has 0 fully saturated rings. The van der Waals surface area contributed by atoms with Gasteiger partial charge in [0.1, 0.15) is 0 Å². The van der Waals surface area contributed by atoms with Crippen molar-refractivity contribution in [1.82, 2.24) is 5.32 Å². The number of carbonyl (C=O) groups is 2. The maximum absolute atomic E-state index is 12.7. The van der Waals surface area contributed by atoms with Gasteiger partial charge in [-0.15, -0.1) is 0 Å². The van der Waals surface area contributed by atoms with Crippen molar-refractivity contribution >= 4 is 37.8 Å². The van der Waals surface area contributed by atoms with Gasteiger partial charge in [-0.05, 0) is 46.6 Å². The van der Waals surface area contributed by atoms with Crippen molar-refractivity contribution in [3.05, 3.63) is 63.6 Å². The second kappa shape index (κ2) is 8.64. The highest BCUT2D eigenvalue weighted by Gasteiger charge is 2.22. The molecule has 1 amide bonds. The molecule has 0 aliphatic rings. The molecule has 2 aromatic rings. The summed E-state index contributed by atoms with van der Waals surface area (Å²) in [5.74, 6) is -1.04. The summed E-state index contributed by atoms with van der Waals surface area (Å²) in [4.78, 5) is 24.3. The number of amides is 1. The van der Waals surface area contributed by atoms with Gasteiger partial charge in [-0.2, -0.15) is 0 Å². The number of primary sulfonamides is 1. The van der Waals surface area contributed by atoms with Gasteiger partial charge in [-0.3, -0.25) is 9.59 Å². The van der Waals surface area contributed by atoms with Crippen LogP contribution in [0.25, 0.3) is 0 Å². The van der Waals surface area contributed by atoms with Crippen LogP contribution in [0.3, 0.4) is 0 Å². The van der Waals surface area contributed by atoms with Gasteiger partial charge >= 0.3 is 5.97 Å². The van der Waals surface area contributed by atoms with E-state index in [0.29, 0.717) is 4.47 Å². The van der Waals surface area contributed by atoms with Crippen molar-refractivity contribution in [2.75, 3.05) is 7.11 Å². The molecule has 3 N–H and O–H groups in total. The normalized spacial score (nSPS) is 12.3. The van der Waals surface area contributed by atoms with Crippen LogP contribution in [-0.4, -0.2) is 27.4 Å². The Morgan fingerprint density at radius 1 is 1.19 bits per heavy atom. The molecular weight excluding hydrogens is 436 g/mol. The molecule has 27 heavy (non-hydrogen) atoms. The molecule has 1 atom stereocenters. The highest BCUT2D eigenvalue weighted by molar-refractivity contribution is 9.10. The number of nitrogens with one attached hydrogen (secondary N) is 1. The van der Waals surface area contributed by atoms with Gasteiger partial charge in [0.15, 0.2) is 0 Å². The molecule has 0 radical (unpaired) electrons. The van der Waals surface area contributed by atoms with E-state index >= 15 is 0 Å². The lowest BCUT2D eigenvalue weighted by Gasteiger charge is -2.19. The molecule has 0 aliphatic heterocycles. The Balaban J connectivity index is 2.35. The third kappa shape index (κ3) is 5.62. The molecule has 2 aromatic carbocycles. The number of ether oxygens (including phenoxy) is 1. The Labute approximate surface area is 166 Å². The molecule has 1 unspecified atom stereocenters. The van der Waals surface area contributed by atoms with Crippen LogP contribution in [0, 0.1) is 6.92 Å². The quantitative estimate of drug-likeness (QED) is 0.650. The van der Waals surface area contributed by atoms with Crippen molar-refractivity contribution in [2.45, 2.75) is 24.3 Å². The van der Waals surface area contributed by atoms with Crippen molar-refractivity contribution in [1.29, 1.82) is 0 Å². The van der Waals surface area contributed by atoms with Crippen molar-refractivity contribution < 1.29 is 22.7 Å². The number of halogens is 1. The van der Waals surface area contributed by atoms with Crippen LogP contribution in [-0.2, 0) is 19.6 Å². The van der Waals surface area contributed by atoms with E-state index in [9.17, 15) is 18.0 Å². The summed E-state index contributed by atoms with van der Waals surface area (Å²) >= 11 is 3.23. The fourth-order valence-corrected chi connectivity index (χ4v) is 3.36. The number of hydrogen-bond donors (Lipinski definition) is 2. The Bertz CT molecular complexity index is 958. The highest BCUT2D eigenvalue weighted by atomic mass is 79.9. The monoisotopic (exact) mass is 454 g/mol. The van der Waals surface area contributed by atoms with Gasteiger partial charge in [0, 0.05) is 4.47 Å². The molecule has 7 nitrogen and oxygen atoms in total. The zero-order chi connectivity index (χ0) is 20.2. The number of sulfonamides is 1. The summed E-state index contributed by atoms with van der Waals surface area (Å²) in [5, 5.41) is 7.88. The van der Waals surface area contributed by atoms with E-state index in [1.807, 2.05) is 19.1 Å². The fraction of sp³-hybridized carbons (Fsp3) is 0.222. The van der Waals surface area contributed by atoms with E-state index in [0.717, 1.165) is 11.1 Å². The Morgan fingerprint density at radius 2 is 1.81 bits per heavy atom. The number of methoxy groups -OCH3 is 1. The van der Waals surface area contributed by atoms with E-state index in [2.05, 4.69) is 21.2 Å². The van der Waals surface area contributed by atoms with Gasteiger partial charge in [0.2, 0.25) is 10.0 Å². The number of hydrogen-bond acceptors (Lipinski definition) is 5. The Morgan fingerprint density at radius 3 is 2.37 bits per heavy atom. The number of carbonyl (C=O) groups excluding carboxylic acids is 2. The number of esters is 1. The van der Waals surface area contributed by atoms with Gasteiger partial charge < -0.3 is 10.1 Å². The average Bonchev–Trinajstić information content (AvgIpc) is 2.60. The number of nitrogens with two attached hydrogens (primary N) is 1. The van der Waals surface area contributed by atoms with E-state index in [4.69, 9.17) is 9.88 Å². The van der Waals surface area contributed by atoms with Gasteiger partial charge in [-0.25, -0.2) is 13.6 Å². The first-order valence-corrected chi connectivity index (χ1v) is 10.2. The average molecular weight is 455 g/mol. The van der Waals surface area contributed by atoms with Crippen LogP contribution in [0.15, 0.2) is 51.8 Å². The minimum Gasteiger partial charge on any atom is -0.469 e. The zero-order valence-electron chi connectivity index (χ0n) is 14.7. The van der Waals surface area contributed by atoms with Crippen molar-refractivity contribution in [3.63, 3.8) is 0 Å². The first kappa shape index (κ1) is 21.1. The Kier molecular flexibility index (Phi) is 6.74. The molecule has 0 spiro atoms. The maximum atomic E-state index is 12.7. The highest BCUT2D eigenvalue weighted by Crippen LogP contribution is 2.23. The second-order valence-electron chi connectivity index (χ2n) is 5.90. The lowest BCUT2D eigenvalue weighted by atomic mass is 10.0. The standard InChI is InChI=1S/C18H19BrN2O5S/c1-11-3-5-12(6-4-11)16(10-17(22)26-2)21-18(23)14-9-13(27(20,24)25)7-8-15(14)19/h3-9,16H,10H2,1-2H3,(H,21,23)(H2,20,24,25). The molecule has 0 heterocycles. The van der Waals surface area contributed by atoms with Crippen LogP contribution < -0.4 is 10.5 Å². The fourth-order valence-electron chi connectivity index (χ4n) is 2.39. The predicted molar refractivity (Wildman–Crippen MR) is 104 cm³/mol. The molecule has 0 aromatic heterocycles. The maximum Gasteiger partial charge on any atom is 0.307 e. The van der Waals surface area contributed by atoms with E-state index in [1.54, 1.807) is 12.1 Å². The topological polar surface area (TPSA) is 116 Å². The summed E-state index contributed by atoms with van der Waals surface area (Å²) in [5.41, 5.74) is 1.84. The third-order valence-corrected chi connectivity index (χ3v) is 5.50. The van der Waals surface area contributed by atoms with E-state index < -0.39 is 27.9 Å². The molecule has 0 bridgehead atoms. The first-order chi connectivity index (χ1) is 12.6. The summed E-state index contributed by atoms with van der Waals surface area (Å²) in [6, 6.07) is 10.6. The van der Waals surface area contributed by atoms with Crippen LogP contribution in [0.4, 0.5) is 0 Å². The van der Waals surface area contributed by atoms with Gasteiger partial charge in [0.25, 0.3) is 5.91 Å². The molecule has 144 valence electrons. The lowest BCUT2D eigenvalue weighted by molar-refractivity contribution is -0.141. The minimum atomic E-state index is -3.96. The number of aryl methyl sites for hydroxylation is 1. The lowest BCUT2D eigenvalue weighted by Crippen LogP contribution is -2.31. The van der Waals surface area contributed by atoms with Crippen LogP contribution in [0.1, 0.15) is 33.9 Å². The molecule has 0 saturated heterocycles. The minimum absolute atomic E-state index is 0.0716. The SMILES string of the molecule is COC(=O)CC(NC(=O)c1cc(S(N)(=O)=O)ccc1Br)c1ccc(C)cc1. The van der Waals surface area contributed by atoms with Crippen LogP contribution in [0.5, 0.6) is 0 Å². The number of rotatable bonds is 6. The Hall–Kier alpha value is -2.23. The zero-order valence-corrected chi connectivity index (χ0v) is 17.1. The largest absolute Gasteiger partial charge is 0.469 e. The van der Waals surface area contributed by atoms with E-state index in [-0.39, 0.29) is 16.9 Å². The summed E-state index contributed by atoms with van der Waals surface area (Å²) in [6.07, 6.45) is -0.0716. The van der Waals surface area contributed by atoms with Crippen molar-refractivity contribution in [2.24, 2.45) is 5.14 Å². The van der Waals surface area contributed by atoms with E-state index in [1.165, 1.54) is 25.3 Å². The summed E-state index contributed by atoms with van der Waals surface area (Å²) < 4.78 is 28.2. The molecule has 0 saturated carbocycles. The van der Waals surface area contributed by atoms with Crippen molar-refractivity contribution in [3.8, 4) is 0 Å². The van der Waals surface area contributed by atoms with Crippen LogP contribution in [0.2, 0.25) is 0 Å². The van der Waals surface area contributed by atoms with Crippen LogP contribution >= 0.6 is 15.9 Å². The number of benzene rings is 2. The molecule has 2 rings (SSSR count). The first-order valence-electron chi connectivity index (χ1n) is 7.88. The van der Waals surface area contributed by atoms with Gasteiger partial charge in [-0.1, -0.05) is 29.8 Å². The second-order valence-corrected chi connectivity index (χ2v) is 8.32. The summed E-state index contributed by atoms with van der Waals surface area (Å²) in [7, 11) is -2.69. The van der Waals surface area contributed by atoms with Gasteiger partial charge in [0.05, 0.1) is 30.0 Å². The smallest absolute Gasteiger partial charge is 0.307 e. The molecular formula is C18H19BrN2O5S. The molecule has 0 aliphatic carbocycles. The predicted octanol–water partition coefficient (Wildman–Crippen LogP) is 2.44. The third-order valence-electron chi connectivity index (χ3n) is 3.89.